The minimum atomic E-state index is -1.18. The summed E-state index contributed by atoms with van der Waals surface area (Å²) in [5.41, 5.74) is 2.17. The molecule has 0 spiro atoms. The molecule has 0 aliphatic heterocycles. The number of pyridine rings is 1. The van der Waals surface area contributed by atoms with E-state index in [1.807, 2.05) is 5.48 Å². The highest BCUT2D eigenvalue weighted by Crippen LogP contribution is 2.04. The van der Waals surface area contributed by atoms with Crippen LogP contribution in [0.1, 0.15) is 10.4 Å². The van der Waals surface area contributed by atoms with Gasteiger partial charge in [-0.2, -0.15) is 0 Å². The fourth-order valence-electron chi connectivity index (χ4n) is 0.732. The number of hydroxylamine groups is 1. The average molecular weight is 231 g/mol. The van der Waals surface area contributed by atoms with Crippen molar-refractivity contribution in [3.8, 4) is 0 Å². The molecule has 0 unspecified atom stereocenters. The molecule has 0 aromatic carbocycles. The van der Waals surface area contributed by atoms with Crippen LogP contribution in [0.25, 0.3) is 0 Å². The third kappa shape index (κ3) is 3.92. The maximum Gasteiger partial charge on any atom is 0.332 e. The third-order valence-electron chi connectivity index (χ3n) is 1.35. The summed E-state index contributed by atoms with van der Waals surface area (Å²) in [5.74, 6) is -1.76. The Morgan fingerprint density at radius 3 is 2.80 bits per heavy atom. The Hall–Kier alpha value is -1.66. The van der Waals surface area contributed by atoms with E-state index in [0.29, 0.717) is 0 Å². The quantitative estimate of drug-likeness (QED) is 0.580. The van der Waals surface area contributed by atoms with Gasteiger partial charge in [0.25, 0.3) is 5.91 Å². The van der Waals surface area contributed by atoms with Crippen molar-refractivity contribution >= 4 is 23.5 Å². The van der Waals surface area contributed by atoms with E-state index in [0.717, 1.165) is 0 Å². The molecule has 0 radical (unpaired) electrons. The maximum atomic E-state index is 11.2. The Morgan fingerprint density at radius 1 is 1.53 bits per heavy atom. The lowest BCUT2D eigenvalue weighted by molar-refractivity contribution is -0.144. The Bertz CT molecular complexity index is 365. The number of hydrogen-bond acceptors (Lipinski definition) is 4. The summed E-state index contributed by atoms with van der Waals surface area (Å²) in [6, 6.07) is 2.88. The highest BCUT2D eigenvalue weighted by molar-refractivity contribution is 6.29. The lowest BCUT2D eigenvalue weighted by Crippen LogP contribution is -2.26. The first kappa shape index (κ1) is 11.4. The van der Waals surface area contributed by atoms with Crippen LogP contribution in [0.15, 0.2) is 18.3 Å². The minimum Gasteiger partial charge on any atom is -0.479 e. The van der Waals surface area contributed by atoms with E-state index in [4.69, 9.17) is 16.7 Å². The molecule has 1 aromatic rings. The molecular weight excluding hydrogens is 224 g/mol. The summed E-state index contributed by atoms with van der Waals surface area (Å²) in [4.78, 5) is 29.3. The molecule has 0 bridgehead atoms. The summed E-state index contributed by atoms with van der Waals surface area (Å²) in [6.07, 6.45) is 1.25. The van der Waals surface area contributed by atoms with Crippen LogP contribution in [0.4, 0.5) is 0 Å². The number of carboxylic acid groups (broad SMARTS) is 1. The Balaban J connectivity index is 2.47. The van der Waals surface area contributed by atoms with Gasteiger partial charge < -0.3 is 5.11 Å². The molecule has 80 valence electrons. The molecule has 2 N–H and O–H groups in total. The van der Waals surface area contributed by atoms with Crippen molar-refractivity contribution in [2.24, 2.45) is 0 Å². The van der Waals surface area contributed by atoms with Crippen LogP contribution >= 0.6 is 11.6 Å². The van der Waals surface area contributed by atoms with E-state index >= 15 is 0 Å². The summed E-state index contributed by atoms with van der Waals surface area (Å²) < 4.78 is 0. The molecule has 1 amide bonds. The van der Waals surface area contributed by atoms with E-state index in [-0.39, 0.29) is 10.7 Å². The third-order valence-corrected chi connectivity index (χ3v) is 1.57. The molecule has 0 saturated heterocycles. The van der Waals surface area contributed by atoms with Crippen LogP contribution in [-0.4, -0.2) is 28.6 Å². The maximum absolute atomic E-state index is 11.2. The van der Waals surface area contributed by atoms with Gasteiger partial charge in [0.05, 0.1) is 5.56 Å². The van der Waals surface area contributed by atoms with Crippen molar-refractivity contribution in [2.75, 3.05) is 6.61 Å². The SMILES string of the molecule is O=C(O)CONC(=O)c1ccc(Cl)nc1. The molecule has 15 heavy (non-hydrogen) atoms. The van der Waals surface area contributed by atoms with Gasteiger partial charge in [-0.15, -0.1) is 0 Å². The number of aromatic nitrogens is 1. The van der Waals surface area contributed by atoms with E-state index < -0.39 is 18.5 Å². The van der Waals surface area contributed by atoms with Crippen molar-refractivity contribution in [3.63, 3.8) is 0 Å². The lowest BCUT2D eigenvalue weighted by Gasteiger charge is -2.02. The van der Waals surface area contributed by atoms with Crippen LogP contribution in [0.2, 0.25) is 5.15 Å². The average Bonchev–Trinajstić information content (AvgIpc) is 2.18. The van der Waals surface area contributed by atoms with Crippen molar-refractivity contribution in [1.82, 2.24) is 10.5 Å². The number of carbonyl (C=O) groups excluding carboxylic acids is 1. The second kappa shape index (κ2) is 5.28. The van der Waals surface area contributed by atoms with E-state index in [2.05, 4.69) is 9.82 Å². The molecule has 1 heterocycles. The number of rotatable bonds is 4. The Labute approximate surface area is 89.8 Å². The van der Waals surface area contributed by atoms with Crippen LogP contribution in [0.5, 0.6) is 0 Å². The van der Waals surface area contributed by atoms with Crippen molar-refractivity contribution in [3.05, 3.63) is 29.0 Å². The summed E-state index contributed by atoms with van der Waals surface area (Å²) in [7, 11) is 0. The predicted octanol–water partition coefficient (Wildman–Crippen LogP) is 0.481. The van der Waals surface area contributed by atoms with E-state index in [9.17, 15) is 9.59 Å². The first-order valence-corrected chi connectivity index (χ1v) is 4.23. The number of hydrogen-bond donors (Lipinski definition) is 2. The van der Waals surface area contributed by atoms with Gasteiger partial charge in [0, 0.05) is 6.20 Å². The van der Waals surface area contributed by atoms with Crippen LogP contribution in [0.3, 0.4) is 0 Å². The topological polar surface area (TPSA) is 88.5 Å². The van der Waals surface area contributed by atoms with Gasteiger partial charge in [0.15, 0.2) is 6.61 Å². The Morgan fingerprint density at radius 2 is 2.27 bits per heavy atom. The molecule has 6 nitrogen and oxygen atoms in total. The second-order valence-corrected chi connectivity index (χ2v) is 2.87. The Kier molecular flexibility index (Phi) is 4.02. The van der Waals surface area contributed by atoms with Gasteiger partial charge in [-0.1, -0.05) is 11.6 Å². The summed E-state index contributed by atoms with van der Waals surface area (Å²) in [5, 5.41) is 8.49. The smallest absolute Gasteiger partial charge is 0.332 e. The van der Waals surface area contributed by atoms with Crippen LogP contribution in [0, 0.1) is 0 Å². The number of nitrogens with one attached hydrogen (secondary N) is 1. The number of amides is 1. The van der Waals surface area contributed by atoms with E-state index in [1.54, 1.807) is 0 Å². The molecule has 1 aromatic heterocycles. The number of aliphatic carboxylic acids is 1. The van der Waals surface area contributed by atoms with Crippen molar-refractivity contribution in [2.45, 2.75) is 0 Å². The van der Waals surface area contributed by atoms with Crippen molar-refractivity contribution in [1.29, 1.82) is 0 Å². The summed E-state index contributed by atoms with van der Waals surface area (Å²) >= 11 is 5.51. The van der Waals surface area contributed by atoms with E-state index in [1.165, 1.54) is 18.3 Å². The number of nitrogens with zero attached hydrogens (tertiary/aromatic N) is 1. The van der Waals surface area contributed by atoms with Gasteiger partial charge >= 0.3 is 5.97 Å². The zero-order valence-electron chi connectivity index (χ0n) is 7.44. The molecule has 0 saturated carbocycles. The lowest BCUT2D eigenvalue weighted by atomic mass is 10.3. The fraction of sp³-hybridized carbons (Fsp3) is 0.125. The zero-order valence-corrected chi connectivity index (χ0v) is 8.19. The molecule has 0 aliphatic rings. The normalized spacial score (nSPS) is 9.67. The zero-order chi connectivity index (χ0) is 11.3. The largest absolute Gasteiger partial charge is 0.479 e. The highest BCUT2D eigenvalue weighted by Gasteiger charge is 2.06. The molecule has 0 aliphatic carbocycles. The molecule has 0 atom stereocenters. The van der Waals surface area contributed by atoms with Crippen LogP contribution in [-0.2, 0) is 9.63 Å². The fourth-order valence-corrected chi connectivity index (χ4v) is 0.844. The number of halogens is 1. The number of carboxylic acids is 1. The van der Waals surface area contributed by atoms with Gasteiger partial charge in [0.1, 0.15) is 5.15 Å². The van der Waals surface area contributed by atoms with Crippen LogP contribution < -0.4 is 5.48 Å². The predicted molar refractivity (Wildman–Crippen MR) is 50.3 cm³/mol. The minimum absolute atomic E-state index is 0.227. The summed E-state index contributed by atoms with van der Waals surface area (Å²) in [6.45, 7) is -0.604. The standard InChI is InChI=1S/C8H7ClN2O4/c9-6-2-1-5(3-10-6)8(14)11-15-4-7(12)13/h1-3H,4H2,(H,11,14)(H,12,13). The van der Waals surface area contributed by atoms with Gasteiger partial charge in [-0.3, -0.25) is 9.63 Å². The van der Waals surface area contributed by atoms with Crippen molar-refractivity contribution < 1.29 is 19.5 Å². The molecule has 7 heteroatoms. The highest BCUT2D eigenvalue weighted by atomic mass is 35.5. The molecule has 1 rings (SSSR count). The van der Waals surface area contributed by atoms with Gasteiger partial charge in [-0.25, -0.2) is 15.3 Å². The first-order chi connectivity index (χ1) is 7.09. The first-order valence-electron chi connectivity index (χ1n) is 3.85. The van der Waals surface area contributed by atoms with Gasteiger partial charge in [0.2, 0.25) is 0 Å². The van der Waals surface area contributed by atoms with Gasteiger partial charge in [-0.05, 0) is 12.1 Å². The number of carbonyl (C=O) groups is 2. The molecule has 0 fully saturated rings. The molecular formula is C8H7ClN2O4. The second-order valence-electron chi connectivity index (χ2n) is 2.48. The monoisotopic (exact) mass is 230 g/mol.